The molecule has 4 rings (SSSR count). The number of nitrogens with one attached hydrogen (secondary N) is 2. The van der Waals surface area contributed by atoms with E-state index in [-0.39, 0.29) is 23.7 Å². The second-order valence-electron chi connectivity index (χ2n) is 7.08. The van der Waals surface area contributed by atoms with Crippen molar-refractivity contribution < 1.29 is 9.59 Å². The zero-order valence-electron chi connectivity index (χ0n) is 13.4. The molecule has 0 aromatic heterocycles. The summed E-state index contributed by atoms with van der Waals surface area (Å²) in [5.41, 5.74) is 6.78. The molecule has 1 aromatic carbocycles. The Bertz CT molecular complexity index is 725. The summed E-state index contributed by atoms with van der Waals surface area (Å²) in [7, 11) is 0. The third-order valence-corrected chi connectivity index (χ3v) is 5.72. The summed E-state index contributed by atoms with van der Waals surface area (Å²) in [5, 5.41) is 7.33. The minimum Gasteiger partial charge on any atom is -0.326 e. The molecule has 4 unspecified atom stereocenters. The van der Waals surface area contributed by atoms with Crippen molar-refractivity contribution >= 4 is 23.2 Å². The Morgan fingerprint density at radius 2 is 1.91 bits per heavy atom. The van der Waals surface area contributed by atoms with E-state index < -0.39 is 0 Å². The molecule has 2 N–H and O–H groups in total. The van der Waals surface area contributed by atoms with Gasteiger partial charge in [0.25, 0.3) is 0 Å². The molecule has 2 aliphatic heterocycles. The van der Waals surface area contributed by atoms with Crippen LogP contribution >= 0.6 is 0 Å². The van der Waals surface area contributed by atoms with Crippen LogP contribution in [0.3, 0.4) is 0 Å². The lowest BCUT2D eigenvalue weighted by Crippen LogP contribution is -2.47. The number of hydrogen-bond acceptors (Lipinski definition) is 3. The molecule has 3 aliphatic rings. The number of hydrazone groups is 1. The molecule has 5 heteroatoms. The van der Waals surface area contributed by atoms with Crippen LogP contribution in [0.25, 0.3) is 0 Å². The molecule has 1 aromatic rings. The summed E-state index contributed by atoms with van der Waals surface area (Å²) >= 11 is 0. The van der Waals surface area contributed by atoms with Gasteiger partial charge in [0.05, 0.1) is 5.71 Å². The molecule has 4 atom stereocenters. The van der Waals surface area contributed by atoms with Gasteiger partial charge in [0.2, 0.25) is 11.8 Å². The van der Waals surface area contributed by atoms with Crippen LogP contribution in [0.2, 0.25) is 0 Å². The molecule has 0 bridgehead atoms. The van der Waals surface area contributed by atoms with E-state index in [1.807, 2.05) is 12.1 Å². The maximum Gasteiger partial charge on any atom is 0.243 e. The first-order valence-electron chi connectivity index (χ1n) is 8.36. The van der Waals surface area contributed by atoms with E-state index in [2.05, 4.69) is 35.8 Å². The summed E-state index contributed by atoms with van der Waals surface area (Å²) in [5.74, 6) is 1.06. The monoisotopic (exact) mass is 311 g/mol. The molecule has 0 saturated heterocycles. The second kappa shape index (κ2) is 5.18. The number of amides is 2. The highest BCUT2D eigenvalue weighted by Crippen LogP contribution is 2.41. The maximum atomic E-state index is 11.9. The highest BCUT2D eigenvalue weighted by molar-refractivity contribution is 6.08. The predicted molar refractivity (Wildman–Crippen MR) is 88.2 cm³/mol. The number of hydrogen-bond donors (Lipinski definition) is 2. The number of fused-ring (bicyclic) bond motifs is 2. The van der Waals surface area contributed by atoms with Gasteiger partial charge in [-0.15, -0.1) is 0 Å². The molecule has 1 saturated carbocycles. The van der Waals surface area contributed by atoms with Crippen LogP contribution in [-0.4, -0.2) is 17.5 Å². The summed E-state index contributed by atoms with van der Waals surface area (Å²) in [4.78, 5) is 23.7. The van der Waals surface area contributed by atoms with Crippen LogP contribution in [0.15, 0.2) is 23.3 Å². The van der Waals surface area contributed by atoms with Gasteiger partial charge in [0, 0.05) is 23.9 Å². The van der Waals surface area contributed by atoms with Crippen molar-refractivity contribution in [1.82, 2.24) is 5.43 Å². The largest absolute Gasteiger partial charge is 0.326 e. The molecule has 2 amide bonds. The van der Waals surface area contributed by atoms with Crippen LogP contribution in [0.5, 0.6) is 0 Å². The standard InChI is InChI=1S/C18H21N3O2/c1-9-7-16(22)19-15-6-3-11(8-14(15)10(9)2)17-12-4-5-13(12)18(23)21-20-17/h3,6,8-10,12-13H,4-5,7H2,1-2H3,(H,19,22)(H,21,23). The molecule has 1 fully saturated rings. The SMILES string of the molecule is CC1CC(=O)Nc2ccc(C3=NNC(=O)C4CCC34)cc2C1C. The third-order valence-electron chi connectivity index (χ3n) is 5.72. The van der Waals surface area contributed by atoms with Gasteiger partial charge >= 0.3 is 0 Å². The van der Waals surface area contributed by atoms with Crippen LogP contribution in [0, 0.1) is 17.8 Å². The van der Waals surface area contributed by atoms with E-state index in [9.17, 15) is 9.59 Å². The Kier molecular flexibility index (Phi) is 3.25. The molecule has 23 heavy (non-hydrogen) atoms. The van der Waals surface area contributed by atoms with Crippen LogP contribution in [0.4, 0.5) is 5.69 Å². The Morgan fingerprint density at radius 1 is 1.13 bits per heavy atom. The summed E-state index contributed by atoms with van der Waals surface area (Å²) < 4.78 is 0. The molecular formula is C18H21N3O2. The van der Waals surface area contributed by atoms with E-state index in [0.29, 0.717) is 18.3 Å². The number of anilines is 1. The topological polar surface area (TPSA) is 70.6 Å². The first-order chi connectivity index (χ1) is 11.0. The smallest absolute Gasteiger partial charge is 0.243 e. The predicted octanol–water partition coefficient (Wildman–Crippen LogP) is 2.63. The van der Waals surface area contributed by atoms with Crippen molar-refractivity contribution in [2.45, 2.75) is 39.0 Å². The van der Waals surface area contributed by atoms with E-state index in [4.69, 9.17) is 0 Å². The van der Waals surface area contributed by atoms with Gasteiger partial charge in [0.15, 0.2) is 0 Å². The summed E-state index contributed by atoms with van der Waals surface area (Å²) in [6.45, 7) is 4.29. The first-order valence-corrected chi connectivity index (χ1v) is 8.36. The average Bonchev–Trinajstić information content (AvgIpc) is 2.58. The average molecular weight is 311 g/mol. The number of benzene rings is 1. The Morgan fingerprint density at radius 3 is 2.65 bits per heavy atom. The summed E-state index contributed by atoms with van der Waals surface area (Å²) in [6, 6.07) is 6.13. The lowest BCUT2D eigenvalue weighted by molar-refractivity contribution is -0.129. The van der Waals surface area contributed by atoms with Gasteiger partial charge in [-0.2, -0.15) is 5.10 Å². The quantitative estimate of drug-likeness (QED) is 0.837. The van der Waals surface area contributed by atoms with Crippen molar-refractivity contribution in [2.24, 2.45) is 22.9 Å². The summed E-state index contributed by atoms with van der Waals surface area (Å²) in [6.07, 6.45) is 2.52. The van der Waals surface area contributed by atoms with E-state index in [1.54, 1.807) is 0 Å². The van der Waals surface area contributed by atoms with Crippen LogP contribution in [-0.2, 0) is 9.59 Å². The van der Waals surface area contributed by atoms with Crippen LogP contribution < -0.4 is 10.7 Å². The Balaban J connectivity index is 1.74. The fourth-order valence-electron chi connectivity index (χ4n) is 3.89. The fourth-order valence-corrected chi connectivity index (χ4v) is 3.89. The molecule has 2 heterocycles. The van der Waals surface area contributed by atoms with Gasteiger partial charge in [0.1, 0.15) is 0 Å². The number of carbonyl (C=O) groups is 2. The minimum atomic E-state index is 0.0500. The molecule has 0 spiro atoms. The molecule has 5 nitrogen and oxygen atoms in total. The van der Waals surface area contributed by atoms with Gasteiger partial charge in [-0.25, -0.2) is 5.43 Å². The highest BCUT2D eigenvalue weighted by atomic mass is 16.2. The van der Waals surface area contributed by atoms with Crippen molar-refractivity contribution in [3.05, 3.63) is 29.3 Å². The van der Waals surface area contributed by atoms with Gasteiger partial charge < -0.3 is 5.32 Å². The number of carbonyl (C=O) groups excluding carboxylic acids is 2. The molecule has 0 radical (unpaired) electrons. The number of nitrogens with zero attached hydrogens (tertiary/aromatic N) is 1. The second-order valence-corrected chi connectivity index (χ2v) is 7.08. The normalized spacial score (nSPS) is 32.5. The van der Waals surface area contributed by atoms with E-state index >= 15 is 0 Å². The lowest BCUT2D eigenvalue weighted by atomic mass is 9.68. The Hall–Kier alpha value is -2.17. The number of rotatable bonds is 1. The first kappa shape index (κ1) is 14.4. The van der Waals surface area contributed by atoms with E-state index in [0.717, 1.165) is 35.4 Å². The van der Waals surface area contributed by atoms with E-state index in [1.165, 1.54) is 0 Å². The molecule has 1 aliphatic carbocycles. The zero-order valence-corrected chi connectivity index (χ0v) is 13.4. The van der Waals surface area contributed by atoms with Crippen LogP contribution in [0.1, 0.15) is 50.2 Å². The van der Waals surface area contributed by atoms with Crippen molar-refractivity contribution in [2.75, 3.05) is 5.32 Å². The van der Waals surface area contributed by atoms with Gasteiger partial charge in [-0.3, -0.25) is 9.59 Å². The highest BCUT2D eigenvalue weighted by Gasteiger charge is 2.43. The zero-order chi connectivity index (χ0) is 16.1. The van der Waals surface area contributed by atoms with Crippen molar-refractivity contribution in [3.8, 4) is 0 Å². The maximum absolute atomic E-state index is 11.9. The lowest BCUT2D eigenvalue weighted by Gasteiger charge is -2.39. The third kappa shape index (κ3) is 2.26. The minimum absolute atomic E-state index is 0.0500. The Labute approximate surface area is 135 Å². The molecule has 120 valence electrons. The fraction of sp³-hybridized carbons (Fsp3) is 0.500. The van der Waals surface area contributed by atoms with Crippen molar-refractivity contribution in [3.63, 3.8) is 0 Å². The van der Waals surface area contributed by atoms with Crippen molar-refractivity contribution in [1.29, 1.82) is 0 Å². The van der Waals surface area contributed by atoms with Gasteiger partial charge in [-0.1, -0.05) is 19.9 Å². The molecular weight excluding hydrogens is 290 g/mol. The van der Waals surface area contributed by atoms with Gasteiger partial charge in [-0.05, 0) is 47.9 Å².